The van der Waals surface area contributed by atoms with E-state index in [4.69, 9.17) is 4.74 Å². The molecular weight excluding hydrogens is 244 g/mol. The predicted molar refractivity (Wildman–Crippen MR) is 72.5 cm³/mol. The summed E-state index contributed by atoms with van der Waals surface area (Å²) in [6, 6.07) is 9.61. The van der Waals surface area contributed by atoms with E-state index in [1.165, 1.54) is 0 Å². The third kappa shape index (κ3) is 2.22. The molecule has 2 heterocycles. The fraction of sp³-hybridized carbons (Fsp3) is 0.357. The van der Waals surface area contributed by atoms with Crippen LogP contribution in [0.1, 0.15) is 0 Å². The van der Waals surface area contributed by atoms with Crippen molar-refractivity contribution in [2.24, 2.45) is 0 Å². The zero-order valence-corrected chi connectivity index (χ0v) is 10.7. The Morgan fingerprint density at radius 1 is 1.16 bits per heavy atom. The minimum absolute atomic E-state index is 0.406. The van der Waals surface area contributed by atoms with Crippen LogP contribution >= 0.6 is 0 Å². The zero-order chi connectivity index (χ0) is 13.4. The highest BCUT2D eigenvalue weighted by Gasteiger charge is 2.30. The van der Waals surface area contributed by atoms with Gasteiger partial charge in [0.2, 0.25) is 0 Å². The zero-order valence-electron chi connectivity index (χ0n) is 10.7. The molecular formula is C14H16N2O3. The molecule has 2 atom stereocenters. The molecule has 2 aromatic rings. The molecule has 0 amide bonds. The lowest BCUT2D eigenvalue weighted by molar-refractivity contribution is 0.0572. The smallest absolute Gasteiger partial charge is 0.129 e. The van der Waals surface area contributed by atoms with Crippen LogP contribution in [0.15, 0.2) is 30.3 Å². The summed E-state index contributed by atoms with van der Waals surface area (Å²) in [6.45, 7) is 0.813. The van der Waals surface area contributed by atoms with Gasteiger partial charge in [0, 0.05) is 24.5 Å². The van der Waals surface area contributed by atoms with Crippen LogP contribution < -0.4 is 9.64 Å². The van der Waals surface area contributed by atoms with Gasteiger partial charge in [-0.15, -0.1) is 0 Å². The van der Waals surface area contributed by atoms with Gasteiger partial charge in [-0.25, -0.2) is 4.98 Å². The Kier molecular flexibility index (Phi) is 3.00. The molecule has 0 bridgehead atoms. The van der Waals surface area contributed by atoms with Crippen molar-refractivity contribution in [1.29, 1.82) is 0 Å². The van der Waals surface area contributed by atoms with E-state index in [-0.39, 0.29) is 0 Å². The van der Waals surface area contributed by atoms with Gasteiger partial charge >= 0.3 is 0 Å². The molecule has 100 valence electrons. The summed E-state index contributed by atoms with van der Waals surface area (Å²) in [5, 5.41) is 20.2. The molecule has 1 aromatic heterocycles. The van der Waals surface area contributed by atoms with Gasteiger partial charge < -0.3 is 19.8 Å². The number of aliphatic hydroxyl groups is 2. The number of hydrogen-bond donors (Lipinski definition) is 2. The maximum absolute atomic E-state index is 9.59. The lowest BCUT2D eigenvalue weighted by Crippen LogP contribution is -2.22. The third-order valence-corrected chi connectivity index (χ3v) is 3.47. The molecule has 0 aliphatic carbocycles. The molecule has 2 N–H and O–H groups in total. The number of β-amino-alcohol motifs (C(OH)–C–C–N with tert-alkyl or cyclic N) is 2. The van der Waals surface area contributed by atoms with Gasteiger partial charge in [0.15, 0.2) is 0 Å². The first-order chi connectivity index (χ1) is 9.17. The number of ether oxygens (including phenoxy) is 1. The van der Waals surface area contributed by atoms with Crippen LogP contribution in [0.25, 0.3) is 10.9 Å². The van der Waals surface area contributed by atoms with Crippen molar-refractivity contribution in [1.82, 2.24) is 4.98 Å². The van der Waals surface area contributed by atoms with E-state index in [0.29, 0.717) is 13.1 Å². The Morgan fingerprint density at radius 2 is 1.84 bits per heavy atom. The summed E-state index contributed by atoms with van der Waals surface area (Å²) < 4.78 is 5.19. The summed E-state index contributed by atoms with van der Waals surface area (Å²) in [4.78, 5) is 6.44. The van der Waals surface area contributed by atoms with E-state index in [2.05, 4.69) is 4.98 Å². The summed E-state index contributed by atoms with van der Waals surface area (Å²) in [5.41, 5.74) is 0.840. The number of methoxy groups -OCH3 is 1. The van der Waals surface area contributed by atoms with E-state index in [9.17, 15) is 10.2 Å². The standard InChI is InChI=1S/C14H16N2O3/c1-19-10-4-2-9-3-5-14(15-11(9)6-10)16-7-12(17)13(18)8-16/h2-6,12-13,17-18H,7-8H2,1H3/t12-,13+. The lowest BCUT2D eigenvalue weighted by Gasteiger charge is -2.16. The highest BCUT2D eigenvalue weighted by molar-refractivity contribution is 5.81. The Morgan fingerprint density at radius 3 is 2.53 bits per heavy atom. The number of benzene rings is 1. The number of hydrogen-bond acceptors (Lipinski definition) is 5. The molecule has 0 spiro atoms. The molecule has 5 nitrogen and oxygen atoms in total. The van der Waals surface area contributed by atoms with Crippen molar-refractivity contribution >= 4 is 16.7 Å². The van der Waals surface area contributed by atoms with Crippen LogP contribution in [0.4, 0.5) is 5.82 Å². The van der Waals surface area contributed by atoms with Crippen LogP contribution in [0, 0.1) is 0 Å². The Balaban J connectivity index is 1.96. The number of aliphatic hydroxyl groups excluding tert-OH is 2. The van der Waals surface area contributed by atoms with Gasteiger partial charge in [-0.2, -0.15) is 0 Å². The number of pyridine rings is 1. The second-order valence-corrected chi connectivity index (χ2v) is 4.77. The van der Waals surface area contributed by atoms with Crippen LogP contribution in [0.2, 0.25) is 0 Å². The molecule has 0 saturated carbocycles. The first-order valence-corrected chi connectivity index (χ1v) is 6.23. The first-order valence-electron chi connectivity index (χ1n) is 6.23. The molecule has 3 rings (SSSR count). The Labute approximate surface area is 111 Å². The lowest BCUT2D eigenvalue weighted by atomic mass is 10.2. The van der Waals surface area contributed by atoms with E-state index < -0.39 is 12.2 Å². The van der Waals surface area contributed by atoms with Gasteiger partial charge in [0.1, 0.15) is 11.6 Å². The molecule has 1 saturated heterocycles. The molecule has 0 unspecified atom stereocenters. The average Bonchev–Trinajstić information content (AvgIpc) is 2.77. The van der Waals surface area contributed by atoms with E-state index >= 15 is 0 Å². The van der Waals surface area contributed by atoms with Gasteiger partial charge in [0.25, 0.3) is 0 Å². The summed E-state index contributed by atoms with van der Waals surface area (Å²) in [6.07, 6.45) is -1.41. The number of fused-ring (bicyclic) bond motifs is 1. The summed E-state index contributed by atoms with van der Waals surface area (Å²) in [5.74, 6) is 1.52. The van der Waals surface area contributed by atoms with Crippen molar-refractivity contribution in [2.75, 3.05) is 25.1 Å². The summed E-state index contributed by atoms with van der Waals surface area (Å²) in [7, 11) is 1.62. The Hall–Kier alpha value is -1.85. The van der Waals surface area contributed by atoms with Gasteiger partial charge in [0.05, 0.1) is 24.8 Å². The molecule has 1 fully saturated rings. The highest BCUT2D eigenvalue weighted by Crippen LogP contribution is 2.24. The maximum atomic E-state index is 9.59. The molecule has 19 heavy (non-hydrogen) atoms. The largest absolute Gasteiger partial charge is 0.497 e. The van der Waals surface area contributed by atoms with E-state index in [1.54, 1.807) is 7.11 Å². The van der Waals surface area contributed by atoms with Crippen molar-refractivity contribution < 1.29 is 14.9 Å². The predicted octanol–water partition coefficient (Wildman–Crippen LogP) is 0.785. The van der Waals surface area contributed by atoms with Crippen molar-refractivity contribution in [3.8, 4) is 5.75 Å². The molecule has 5 heteroatoms. The van der Waals surface area contributed by atoms with Gasteiger partial charge in [-0.3, -0.25) is 0 Å². The topological polar surface area (TPSA) is 65.8 Å². The highest BCUT2D eigenvalue weighted by atomic mass is 16.5. The minimum Gasteiger partial charge on any atom is -0.497 e. The minimum atomic E-state index is -0.706. The average molecular weight is 260 g/mol. The number of aromatic nitrogens is 1. The third-order valence-electron chi connectivity index (χ3n) is 3.47. The number of anilines is 1. The van der Waals surface area contributed by atoms with Crippen LogP contribution in [0.5, 0.6) is 5.75 Å². The normalized spacial score (nSPS) is 23.0. The SMILES string of the molecule is COc1ccc2ccc(N3C[C@@H](O)[C@@H](O)C3)nc2c1. The fourth-order valence-electron chi connectivity index (χ4n) is 2.35. The van der Waals surface area contributed by atoms with Gasteiger partial charge in [-0.1, -0.05) is 0 Å². The molecule has 1 aromatic carbocycles. The second-order valence-electron chi connectivity index (χ2n) is 4.77. The quantitative estimate of drug-likeness (QED) is 0.835. The second kappa shape index (κ2) is 4.68. The fourth-order valence-corrected chi connectivity index (χ4v) is 2.35. The van der Waals surface area contributed by atoms with Crippen LogP contribution in [0.3, 0.4) is 0 Å². The van der Waals surface area contributed by atoms with Crippen molar-refractivity contribution in [2.45, 2.75) is 12.2 Å². The van der Waals surface area contributed by atoms with E-state index in [0.717, 1.165) is 22.5 Å². The van der Waals surface area contributed by atoms with Crippen molar-refractivity contribution in [3.05, 3.63) is 30.3 Å². The maximum Gasteiger partial charge on any atom is 0.129 e. The number of nitrogens with zero attached hydrogens (tertiary/aromatic N) is 2. The van der Waals surface area contributed by atoms with Crippen LogP contribution in [-0.2, 0) is 0 Å². The van der Waals surface area contributed by atoms with E-state index in [1.807, 2.05) is 35.2 Å². The monoisotopic (exact) mass is 260 g/mol. The summed E-state index contributed by atoms with van der Waals surface area (Å²) >= 11 is 0. The Bertz CT molecular complexity index is 592. The first kappa shape index (κ1) is 12.2. The molecule has 0 radical (unpaired) electrons. The molecule has 1 aliphatic heterocycles. The number of rotatable bonds is 2. The van der Waals surface area contributed by atoms with Crippen LogP contribution in [-0.4, -0.2) is 47.6 Å². The molecule has 1 aliphatic rings. The van der Waals surface area contributed by atoms with Gasteiger partial charge in [-0.05, 0) is 24.3 Å². The van der Waals surface area contributed by atoms with Crippen molar-refractivity contribution in [3.63, 3.8) is 0 Å².